The molecule has 1 aromatic carbocycles. The van der Waals surface area contributed by atoms with Crippen molar-refractivity contribution in [3.05, 3.63) is 29.8 Å². The van der Waals surface area contributed by atoms with Crippen LogP contribution in [0.15, 0.2) is 29.3 Å². The number of benzene rings is 1. The highest BCUT2D eigenvalue weighted by atomic mass is 127. The number of nitrogens with zero attached hydrogens (tertiary/aromatic N) is 2. The van der Waals surface area contributed by atoms with E-state index < -0.39 is 6.09 Å². The number of halogens is 1. The number of guanidine groups is 1. The molecule has 2 rings (SSSR count). The lowest BCUT2D eigenvalue weighted by Gasteiger charge is -2.20. The van der Waals surface area contributed by atoms with Crippen LogP contribution >= 0.6 is 24.0 Å². The third kappa shape index (κ3) is 10.7. The molecular weight excluding hydrogens is 481 g/mol. The Labute approximate surface area is 192 Å². The molecule has 3 N–H and O–H groups in total. The number of anilines is 1. The number of amides is 1. The van der Waals surface area contributed by atoms with Gasteiger partial charge in [0.15, 0.2) is 5.96 Å². The number of hydrogen-bond donors (Lipinski definition) is 3. The van der Waals surface area contributed by atoms with E-state index in [2.05, 4.69) is 37.5 Å². The monoisotopic (exact) mass is 517 g/mol. The van der Waals surface area contributed by atoms with Crippen molar-refractivity contribution in [1.82, 2.24) is 15.5 Å². The summed E-state index contributed by atoms with van der Waals surface area (Å²) in [6.07, 6.45) is 6.09. The fraction of sp³-hybridized carbons (Fsp3) is 0.619. The molecule has 1 fully saturated rings. The molecule has 1 aliphatic heterocycles. The molecule has 0 bridgehead atoms. The van der Waals surface area contributed by atoms with Gasteiger partial charge in [-0.15, -0.1) is 24.0 Å². The van der Waals surface area contributed by atoms with Crippen LogP contribution in [0.5, 0.6) is 0 Å². The Morgan fingerprint density at radius 2 is 1.79 bits per heavy atom. The molecule has 7 nitrogen and oxygen atoms in total. The number of hydrogen-bond acceptors (Lipinski definition) is 4. The molecule has 0 saturated carbocycles. The van der Waals surface area contributed by atoms with Crippen molar-refractivity contribution >= 4 is 41.7 Å². The summed E-state index contributed by atoms with van der Waals surface area (Å²) in [7, 11) is 1.35. The average molecular weight is 517 g/mol. The van der Waals surface area contributed by atoms with Crippen LogP contribution in [-0.4, -0.2) is 56.8 Å². The summed E-state index contributed by atoms with van der Waals surface area (Å²) in [5, 5.41) is 9.37. The molecule has 0 spiro atoms. The number of likely N-dealkylation sites (tertiary alicyclic amines) is 1. The summed E-state index contributed by atoms with van der Waals surface area (Å²) < 4.78 is 4.59. The first kappa shape index (κ1) is 25.5. The first-order valence-corrected chi connectivity index (χ1v) is 10.4. The van der Waals surface area contributed by atoms with Gasteiger partial charge < -0.3 is 20.3 Å². The fourth-order valence-electron chi connectivity index (χ4n) is 3.24. The van der Waals surface area contributed by atoms with E-state index in [0.29, 0.717) is 12.2 Å². The Morgan fingerprint density at radius 3 is 2.41 bits per heavy atom. The summed E-state index contributed by atoms with van der Waals surface area (Å²) in [5.74, 6) is 0.843. The van der Waals surface area contributed by atoms with E-state index >= 15 is 0 Å². The second-order valence-electron chi connectivity index (χ2n) is 7.04. The van der Waals surface area contributed by atoms with Gasteiger partial charge in [0.25, 0.3) is 0 Å². The van der Waals surface area contributed by atoms with Gasteiger partial charge in [0.2, 0.25) is 0 Å². The lowest BCUT2D eigenvalue weighted by Crippen LogP contribution is -2.39. The number of methoxy groups -OCH3 is 1. The standard InChI is InChI=1S/C21H35N5O2.HI/c1-3-22-20(23-13-8-16-26-14-6-4-5-7-15-26)24-17-18-9-11-19(12-10-18)25-21(27)28-2;/h9-12H,3-8,13-17H2,1-2H3,(H,25,27)(H2,22,23,24);1H. The number of ether oxygens (including phenoxy) is 1. The predicted molar refractivity (Wildman–Crippen MR) is 130 cm³/mol. The topological polar surface area (TPSA) is 78.0 Å². The largest absolute Gasteiger partial charge is 0.453 e. The minimum Gasteiger partial charge on any atom is -0.453 e. The van der Waals surface area contributed by atoms with Crippen molar-refractivity contribution in [2.24, 2.45) is 4.99 Å². The third-order valence-corrected chi connectivity index (χ3v) is 4.79. The highest BCUT2D eigenvalue weighted by Gasteiger charge is 2.08. The molecule has 0 atom stereocenters. The first-order chi connectivity index (χ1) is 13.7. The van der Waals surface area contributed by atoms with E-state index in [9.17, 15) is 4.79 Å². The zero-order valence-electron chi connectivity index (χ0n) is 17.7. The Hall–Kier alpha value is -1.55. The Kier molecular flexibility index (Phi) is 13.5. The van der Waals surface area contributed by atoms with Crippen molar-refractivity contribution in [2.75, 3.05) is 45.2 Å². The SMILES string of the molecule is CCNC(=NCc1ccc(NC(=O)OC)cc1)NCCCN1CCCCCC1.I. The molecule has 1 saturated heterocycles. The van der Waals surface area contributed by atoms with Gasteiger partial charge in [0, 0.05) is 18.8 Å². The summed E-state index contributed by atoms with van der Waals surface area (Å²) in [4.78, 5) is 18.5. The molecule has 29 heavy (non-hydrogen) atoms. The van der Waals surface area contributed by atoms with Gasteiger partial charge in [0.05, 0.1) is 13.7 Å². The normalized spacial score (nSPS) is 15.0. The molecule has 0 aromatic heterocycles. The van der Waals surface area contributed by atoms with Crippen LogP contribution in [0.2, 0.25) is 0 Å². The lowest BCUT2D eigenvalue weighted by atomic mass is 10.2. The smallest absolute Gasteiger partial charge is 0.411 e. The summed E-state index contributed by atoms with van der Waals surface area (Å²) in [6.45, 7) is 8.05. The van der Waals surface area contributed by atoms with E-state index in [-0.39, 0.29) is 24.0 Å². The Morgan fingerprint density at radius 1 is 1.10 bits per heavy atom. The molecule has 1 aromatic rings. The average Bonchev–Trinajstić information content (AvgIpc) is 2.99. The molecule has 0 aliphatic carbocycles. The van der Waals surface area contributed by atoms with E-state index in [1.165, 1.54) is 45.9 Å². The highest BCUT2D eigenvalue weighted by molar-refractivity contribution is 14.0. The first-order valence-electron chi connectivity index (χ1n) is 10.4. The maximum absolute atomic E-state index is 11.2. The van der Waals surface area contributed by atoms with Crippen molar-refractivity contribution in [2.45, 2.75) is 45.6 Å². The van der Waals surface area contributed by atoms with Crippen LogP contribution in [0.25, 0.3) is 0 Å². The zero-order valence-corrected chi connectivity index (χ0v) is 20.0. The van der Waals surface area contributed by atoms with E-state index in [1.807, 2.05) is 24.3 Å². The van der Waals surface area contributed by atoms with Crippen LogP contribution in [0.1, 0.15) is 44.6 Å². The van der Waals surface area contributed by atoms with Gasteiger partial charge in [-0.25, -0.2) is 9.79 Å². The van der Waals surface area contributed by atoms with Crippen molar-refractivity contribution in [3.8, 4) is 0 Å². The van der Waals surface area contributed by atoms with Gasteiger partial charge in [-0.1, -0.05) is 25.0 Å². The molecule has 0 unspecified atom stereocenters. The summed E-state index contributed by atoms with van der Waals surface area (Å²) >= 11 is 0. The second kappa shape index (κ2) is 15.3. The fourth-order valence-corrected chi connectivity index (χ4v) is 3.24. The number of carbonyl (C=O) groups is 1. The number of aliphatic imine (C=N–C) groups is 1. The highest BCUT2D eigenvalue weighted by Crippen LogP contribution is 2.11. The summed E-state index contributed by atoms with van der Waals surface area (Å²) in [5.41, 5.74) is 1.79. The molecule has 1 amide bonds. The molecule has 1 heterocycles. The van der Waals surface area contributed by atoms with E-state index in [4.69, 9.17) is 0 Å². The van der Waals surface area contributed by atoms with Gasteiger partial charge in [-0.05, 0) is 63.5 Å². The lowest BCUT2D eigenvalue weighted by molar-refractivity contribution is 0.187. The van der Waals surface area contributed by atoms with Crippen LogP contribution in [0.3, 0.4) is 0 Å². The van der Waals surface area contributed by atoms with Gasteiger partial charge in [0.1, 0.15) is 0 Å². The maximum atomic E-state index is 11.2. The quantitative estimate of drug-likeness (QED) is 0.212. The van der Waals surface area contributed by atoms with Crippen LogP contribution < -0.4 is 16.0 Å². The Bertz CT molecular complexity index is 602. The van der Waals surface area contributed by atoms with Crippen LogP contribution in [0.4, 0.5) is 10.5 Å². The minimum absolute atomic E-state index is 0. The van der Waals surface area contributed by atoms with Crippen molar-refractivity contribution < 1.29 is 9.53 Å². The second-order valence-corrected chi connectivity index (χ2v) is 7.04. The molecule has 1 aliphatic rings. The minimum atomic E-state index is -0.468. The third-order valence-electron chi connectivity index (χ3n) is 4.79. The molecule has 8 heteroatoms. The number of nitrogens with one attached hydrogen (secondary N) is 3. The molecule has 164 valence electrons. The Balaban J connectivity index is 0.00000420. The van der Waals surface area contributed by atoms with Crippen LogP contribution in [-0.2, 0) is 11.3 Å². The van der Waals surface area contributed by atoms with Crippen LogP contribution in [0, 0.1) is 0 Å². The maximum Gasteiger partial charge on any atom is 0.411 e. The van der Waals surface area contributed by atoms with Gasteiger partial charge in [-0.3, -0.25) is 5.32 Å². The van der Waals surface area contributed by atoms with E-state index in [0.717, 1.165) is 37.6 Å². The van der Waals surface area contributed by atoms with Gasteiger partial charge in [-0.2, -0.15) is 0 Å². The van der Waals surface area contributed by atoms with Gasteiger partial charge >= 0.3 is 6.09 Å². The van der Waals surface area contributed by atoms with Crippen molar-refractivity contribution in [1.29, 1.82) is 0 Å². The predicted octanol–water partition coefficient (Wildman–Crippen LogP) is 3.80. The van der Waals surface area contributed by atoms with E-state index in [1.54, 1.807) is 0 Å². The molecule has 0 radical (unpaired) electrons. The number of carbonyl (C=O) groups excluding carboxylic acids is 1. The number of rotatable bonds is 8. The summed E-state index contributed by atoms with van der Waals surface area (Å²) in [6, 6.07) is 7.61. The zero-order chi connectivity index (χ0) is 20.0. The molecular formula is C21H36IN5O2. The van der Waals surface area contributed by atoms with Crippen molar-refractivity contribution in [3.63, 3.8) is 0 Å².